The Morgan fingerprint density at radius 2 is 1.44 bits per heavy atom. The highest BCUT2D eigenvalue weighted by molar-refractivity contribution is 5.95. The number of halogens is 1. The van der Waals surface area contributed by atoms with Gasteiger partial charge >= 0.3 is 0 Å². The summed E-state index contributed by atoms with van der Waals surface area (Å²) in [5, 5.41) is 0. The molecule has 1 aliphatic carbocycles. The van der Waals surface area contributed by atoms with Gasteiger partial charge in [-0.1, -0.05) is 24.3 Å². The zero-order valence-electron chi connectivity index (χ0n) is 20.2. The van der Waals surface area contributed by atoms with Gasteiger partial charge in [-0.3, -0.25) is 9.59 Å². The lowest BCUT2D eigenvalue weighted by atomic mass is 9.90. The van der Waals surface area contributed by atoms with Crippen molar-refractivity contribution < 1.29 is 14.0 Å². The van der Waals surface area contributed by atoms with Crippen LogP contribution in [0.25, 0.3) is 11.1 Å². The van der Waals surface area contributed by atoms with E-state index in [4.69, 9.17) is 0 Å². The van der Waals surface area contributed by atoms with E-state index in [1.807, 2.05) is 29.2 Å². The number of carbonyl (C=O) groups excluding carboxylic acids is 2. The number of fused-ring (bicyclic) bond motifs is 1. The van der Waals surface area contributed by atoms with Gasteiger partial charge in [-0.25, -0.2) is 14.4 Å². The van der Waals surface area contributed by atoms with Gasteiger partial charge in [0.1, 0.15) is 23.7 Å². The molecule has 6 rings (SSSR count). The van der Waals surface area contributed by atoms with E-state index in [-0.39, 0.29) is 17.6 Å². The Labute approximate surface area is 210 Å². The lowest BCUT2D eigenvalue weighted by molar-refractivity contribution is -0.124. The van der Waals surface area contributed by atoms with Gasteiger partial charge in [0.05, 0.1) is 12.2 Å². The van der Waals surface area contributed by atoms with E-state index in [0.717, 1.165) is 67.0 Å². The maximum Gasteiger partial charge on any atom is 0.254 e. The second-order valence-electron chi connectivity index (χ2n) is 10.1. The highest BCUT2D eigenvalue weighted by atomic mass is 19.1. The largest absolute Gasteiger partial charge is 0.356 e. The zero-order valence-corrected chi connectivity index (χ0v) is 20.2. The van der Waals surface area contributed by atoms with E-state index in [2.05, 4.69) is 14.9 Å². The van der Waals surface area contributed by atoms with Crippen molar-refractivity contribution >= 4 is 17.5 Å². The van der Waals surface area contributed by atoms with Crippen LogP contribution in [-0.2, 0) is 17.8 Å². The summed E-state index contributed by atoms with van der Waals surface area (Å²) in [5.74, 6) is 1.58. The van der Waals surface area contributed by atoms with Crippen LogP contribution >= 0.6 is 0 Å². The van der Waals surface area contributed by atoms with E-state index < -0.39 is 0 Å². The molecule has 0 unspecified atom stereocenters. The molecule has 1 aromatic heterocycles. The van der Waals surface area contributed by atoms with Gasteiger partial charge in [-0.2, -0.15) is 0 Å². The Kier molecular flexibility index (Phi) is 5.99. The van der Waals surface area contributed by atoms with Gasteiger partial charge in [0.25, 0.3) is 5.91 Å². The topological polar surface area (TPSA) is 66.4 Å². The van der Waals surface area contributed by atoms with Crippen LogP contribution in [0, 0.1) is 17.7 Å². The average molecular weight is 485 g/mol. The number of carbonyl (C=O) groups is 2. The number of rotatable bonds is 5. The van der Waals surface area contributed by atoms with Crippen molar-refractivity contribution in [2.75, 3.05) is 24.5 Å². The minimum atomic E-state index is -0.268. The molecule has 0 radical (unpaired) electrons. The van der Waals surface area contributed by atoms with Gasteiger partial charge in [-0.05, 0) is 61.1 Å². The molecule has 0 spiro atoms. The van der Waals surface area contributed by atoms with Crippen LogP contribution < -0.4 is 4.90 Å². The van der Waals surface area contributed by atoms with Crippen LogP contribution in [0.15, 0.2) is 54.9 Å². The summed E-state index contributed by atoms with van der Waals surface area (Å²) in [7, 11) is 0. The standard InChI is InChI=1S/C29H29FN4O2/c30-24-9-7-20(8-10-24)19-1-5-23(6-2-19)29(36)34-16-13-26-25(17-34)28(32-18-31-26)33-14-11-22(12-15-33)27(35)21-3-4-21/h1-2,5-10,18,21-22H,3-4,11-17H2. The Balaban J connectivity index is 1.16. The molecule has 1 saturated heterocycles. The third-order valence-corrected chi connectivity index (χ3v) is 7.75. The predicted molar refractivity (Wildman–Crippen MR) is 135 cm³/mol. The van der Waals surface area contributed by atoms with E-state index >= 15 is 0 Å². The minimum absolute atomic E-state index is 0.0187. The second-order valence-corrected chi connectivity index (χ2v) is 10.1. The molecular weight excluding hydrogens is 455 g/mol. The molecule has 36 heavy (non-hydrogen) atoms. The van der Waals surface area contributed by atoms with Crippen LogP contribution in [0.5, 0.6) is 0 Å². The predicted octanol–water partition coefficient (Wildman–Crippen LogP) is 4.68. The normalized spacial score (nSPS) is 18.1. The number of hydrogen-bond acceptors (Lipinski definition) is 5. The van der Waals surface area contributed by atoms with Gasteiger partial charge in [0.2, 0.25) is 0 Å². The fraction of sp³-hybridized carbons (Fsp3) is 0.379. The molecule has 3 heterocycles. The van der Waals surface area contributed by atoms with E-state index in [9.17, 15) is 14.0 Å². The van der Waals surface area contributed by atoms with Gasteiger partial charge < -0.3 is 9.80 Å². The number of amides is 1. The SMILES string of the molecule is O=C(C1CC1)C1CCN(c2ncnc3c2CN(C(=O)c2ccc(-c4ccc(F)cc4)cc2)CC3)CC1. The van der Waals surface area contributed by atoms with Crippen molar-refractivity contribution in [3.63, 3.8) is 0 Å². The maximum absolute atomic E-state index is 13.4. The summed E-state index contributed by atoms with van der Waals surface area (Å²) in [6.45, 7) is 2.71. The van der Waals surface area contributed by atoms with Gasteiger partial charge in [-0.15, -0.1) is 0 Å². The van der Waals surface area contributed by atoms with E-state index in [0.29, 0.717) is 36.8 Å². The average Bonchev–Trinajstić information content (AvgIpc) is 3.78. The van der Waals surface area contributed by atoms with E-state index in [1.165, 1.54) is 12.1 Å². The lowest BCUT2D eigenvalue weighted by Crippen LogP contribution is -2.41. The number of benzene rings is 2. The number of nitrogens with zero attached hydrogens (tertiary/aromatic N) is 4. The Hall–Kier alpha value is -3.61. The molecule has 2 fully saturated rings. The van der Waals surface area contributed by atoms with Crippen molar-refractivity contribution in [2.24, 2.45) is 11.8 Å². The number of piperidine rings is 1. The molecule has 2 aromatic carbocycles. The summed E-state index contributed by atoms with van der Waals surface area (Å²) in [5.41, 5.74) is 4.50. The summed E-state index contributed by atoms with van der Waals surface area (Å²) >= 11 is 0. The van der Waals surface area contributed by atoms with Crippen molar-refractivity contribution in [2.45, 2.75) is 38.6 Å². The fourth-order valence-electron chi connectivity index (χ4n) is 5.48. The highest BCUT2D eigenvalue weighted by Gasteiger charge is 2.37. The highest BCUT2D eigenvalue weighted by Crippen LogP contribution is 2.36. The van der Waals surface area contributed by atoms with Crippen molar-refractivity contribution in [1.29, 1.82) is 0 Å². The first-order valence-corrected chi connectivity index (χ1v) is 12.8. The number of ketones is 1. The van der Waals surface area contributed by atoms with Gasteiger partial charge in [0, 0.05) is 49.0 Å². The number of aromatic nitrogens is 2. The molecule has 0 N–H and O–H groups in total. The third-order valence-electron chi connectivity index (χ3n) is 7.75. The first kappa shape index (κ1) is 22.8. The van der Waals surface area contributed by atoms with Crippen LogP contribution in [-0.4, -0.2) is 46.2 Å². The lowest BCUT2D eigenvalue weighted by Gasteiger charge is -2.36. The smallest absolute Gasteiger partial charge is 0.254 e. The van der Waals surface area contributed by atoms with E-state index in [1.54, 1.807) is 18.5 Å². The summed E-state index contributed by atoms with van der Waals surface area (Å²) in [6.07, 6.45) is 6.20. The Morgan fingerprint density at radius 3 is 2.11 bits per heavy atom. The number of hydrogen-bond donors (Lipinski definition) is 0. The maximum atomic E-state index is 13.4. The number of Topliss-reactive ketones (excluding diaryl/α,β-unsaturated/α-hetero) is 1. The molecular formula is C29H29FN4O2. The molecule has 3 aliphatic rings. The number of anilines is 1. The van der Waals surface area contributed by atoms with Gasteiger partial charge in [0.15, 0.2) is 0 Å². The summed E-state index contributed by atoms with van der Waals surface area (Å²) in [4.78, 5) is 39.1. The molecule has 1 saturated carbocycles. The summed E-state index contributed by atoms with van der Waals surface area (Å²) < 4.78 is 13.2. The van der Waals surface area contributed by atoms with Crippen LogP contribution in [0.4, 0.5) is 10.2 Å². The minimum Gasteiger partial charge on any atom is -0.356 e. The molecule has 7 heteroatoms. The molecule has 1 amide bonds. The Morgan fingerprint density at radius 1 is 0.806 bits per heavy atom. The fourth-order valence-corrected chi connectivity index (χ4v) is 5.48. The quantitative estimate of drug-likeness (QED) is 0.526. The molecule has 3 aromatic rings. The molecule has 2 aliphatic heterocycles. The zero-order chi connectivity index (χ0) is 24.6. The second kappa shape index (κ2) is 9.45. The summed E-state index contributed by atoms with van der Waals surface area (Å²) in [6, 6.07) is 13.8. The van der Waals surface area contributed by atoms with Crippen molar-refractivity contribution in [1.82, 2.24) is 14.9 Å². The first-order chi connectivity index (χ1) is 17.6. The monoisotopic (exact) mass is 484 g/mol. The van der Waals surface area contributed by atoms with Crippen LogP contribution in [0.2, 0.25) is 0 Å². The Bertz CT molecular complexity index is 1280. The molecule has 6 nitrogen and oxygen atoms in total. The molecule has 0 bridgehead atoms. The van der Waals surface area contributed by atoms with Crippen molar-refractivity contribution in [3.8, 4) is 11.1 Å². The van der Waals surface area contributed by atoms with Crippen LogP contribution in [0.1, 0.15) is 47.3 Å². The molecule has 184 valence electrons. The third kappa shape index (κ3) is 4.50. The molecule has 0 atom stereocenters. The van der Waals surface area contributed by atoms with Crippen LogP contribution in [0.3, 0.4) is 0 Å². The van der Waals surface area contributed by atoms with Crippen molar-refractivity contribution in [3.05, 3.63) is 77.5 Å². The first-order valence-electron chi connectivity index (χ1n) is 12.8.